The fraction of sp³-hybridized carbons (Fsp3) is 1.00. The molecule has 0 aromatic carbocycles. The van der Waals surface area contributed by atoms with Gasteiger partial charge in [-0.05, 0) is 26.7 Å². The molecule has 0 aromatic heterocycles. The molecule has 0 amide bonds. The Kier molecular flexibility index (Phi) is 17.7. The lowest BCUT2D eigenvalue weighted by molar-refractivity contribution is -0.289. The fourth-order valence-corrected chi connectivity index (χ4v) is 3.25. The predicted molar refractivity (Wildman–Crippen MR) is 108 cm³/mol. The molecule has 0 N–H and O–H groups in total. The summed E-state index contributed by atoms with van der Waals surface area (Å²) in [6.07, 6.45) is 15.0. The van der Waals surface area contributed by atoms with Gasteiger partial charge in [0.2, 0.25) is 0 Å². The largest absolute Gasteiger partial charge is 0.453 e. The molecule has 164 valence electrons. The molecule has 0 rings (SSSR count). The Bertz CT molecular complexity index is 381. The van der Waals surface area contributed by atoms with Gasteiger partial charge >= 0.3 is 10.4 Å². The summed E-state index contributed by atoms with van der Waals surface area (Å²) < 4.78 is 32.1. The summed E-state index contributed by atoms with van der Waals surface area (Å²) in [5.41, 5.74) is 0. The third-order valence-corrected chi connectivity index (χ3v) is 4.99. The molecular formula is C20H42O6S. The zero-order chi connectivity index (χ0) is 20.4. The van der Waals surface area contributed by atoms with E-state index in [2.05, 4.69) is 22.5 Å². The molecule has 0 aliphatic carbocycles. The van der Waals surface area contributed by atoms with Gasteiger partial charge in [-0.2, -0.15) is 8.42 Å². The van der Waals surface area contributed by atoms with E-state index in [9.17, 15) is 8.42 Å². The van der Waals surface area contributed by atoms with Crippen molar-refractivity contribution in [2.24, 2.45) is 0 Å². The van der Waals surface area contributed by atoms with Crippen LogP contribution in [0.4, 0.5) is 0 Å². The summed E-state index contributed by atoms with van der Waals surface area (Å²) in [4.78, 5) is 9.82. The highest BCUT2D eigenvalue weighted by Crippen LogP contribution is 2.14. The number of hydrogen-bond acceptors (Lipinski definition) is 6. The van der Waals surface area contributed by atoms with Crippen LogP contribution in [-0.2, 0) is 28.8 Å². The molecule has 0 aliphatic heterocycles. The van der Waals surface area contributed by atoms with Crippen LogP contribution in [0.5, 0.6) is 0 Å². The topological polar surface area (TPSA) is 71.1 Å². The second kappa shape index (κ2) is 17.9. The molecule has 27 heavy (non-hydrogen) atoms. The van der Waals surface area contributed by atoms with Gasteiger partial charge < -0.3 is 0 Å². The minimum absolute atomic E-state index is 0.310. The van der Waals surface area contributed by atoms with Crippen molar-refractivity contribution in [3.05, 3.63) is 0 Å². The molecule has 0 heterocycles. The summed E-state index contributed by atoms with van der Waals surface area (Å²) in [6.45, 7) is 7.94. The summed E-state index contributed by atoms with van der Waals surface area (Å²) in [6, 6.07) is 0. The summed E-state index contributed by atoms with van der Waals surface area (Å²) >= 11 is 0. The third kappa shape index (κ3) is 18.9. The van der Waals surface area contributed by atoms with E-state index in [0.717, 1.165) is 38.5 Å². The van der Waals surface area contributed by atoms with Crippen LogP contribution in [0.3, 0.4) is 0 Å². The molecule has 2 unspecified atom stereocenters. The molecule has 0 saturated heterocycles. The molecular weight excluding hydrogens is 368 g/mol. The van der Waals surface area contributed by atoms with E-state index < -0.39 is 10.4 Å². The quantitative estimate of drug-likeness (QED) is 0.131. The lowest BCUT2D eigenvalue weighted by Gasteiger charge is -2.13. The lowest BCUT2D eigenvalue weighted by atomic mass is 10.1. The molecule has 7 heteroatoms. The van der Waals surface area contributed by atoms with Crippen molar-refractivity contribution in [1.29, 1.82) is 0 Å². The van der Waals surface area contributed by atoms with Crippen LogP contribution < -0.4 is 0 Å². The molecule has 2 atom stereocenters. The maximum atomic E-state index is 11.6. The average molecular weight is 411 g/mol. The second-order valence-electron chi connectivity index (χ2n) is 7.47. The van der Waals surface area contributed by atoms with Crippen molar-refractivity contribution in [3.63, 3.8) is 0 Å². The van der Waals surface area contributed by atoms with E-state index in [1.807, 2.05) is 0 Å². The first-order valence-corrected chi connectivity index (χ1v) is 12.2. The maximum absolute atomic E-state index is 11.6. The highest BCUT2D eigenvalue weighted by molar-refractivity contribution is 7.81. The van der Waals surface area contributed by atoms with Gasteiger partial charge in [0, 0.05) is 0 Å². The van der Waals surface area contributed by atoms with E-state index in [0.29, 0.717) is 0 Å². The second-order valence-corrected chi connectivity index (χ2v) is 8.56. The average Bonchev–Trinajstić information content (AvgIpc) is 2.64. The van der Waals surface area contributed by atoms with Gasteiger partial charge in [-0.3, -0.25) is 0 Å². The molecule has 6 nitrogen and oxygen atoms in total. The van der Waals surface area contributed by atoms with E-state index in [1.165, 1.54) is 51.4 Å². The van der Waals surface area contributed by atoms with Gasteiger partial charge in [0.15, 0.2) is 0 Å². The molecule has 0 spiro atoms. The van der Waals surface area contributed by atoms with Crippen LogP contribution in [0, 0.1) is 0 Å². The van der Waals surface area contributed by atoms with Gasteiger partial charge in [0.05, 0.1) is 12.2 Å². The molecule has 0 aromatic rings. The number of unbranched alkanes of at least 4 members (excludes halogenated alkanes) is 10. The lowest BCUT2D eigenvalue weighted by Crippen LogP contribution is -2.19. The van der Waals surface area contributed by atoms with E-state index in [4.69, 9.17) is 9.78 Å². The fourth-order valence-electron chi connectivity index (χ4n) is 2.76. The Morgan fingerprint density at radius 1 is 0.593 bits per heavy atom. The van der Waals surface area contributed by atoms with Crippen molar-refractivity contribution in [2.75, 3.05) is 0 Å². The van der Waals surface area contributed by atoms with E-state index in [1.54, 1.807) is 13.8 Å². The monoisotopic (exact) mass is 410 g/mol. The third-order valence-electron chi connectivity index (χ3n) is 4.50. The Morgan fingerprint density at radius 2 is 0.926 bits per heavy atom. The van der Waals surface area contributed by atoms with Gasteiger partial charge in [-0.25, -0.2) is 9.78 Å². The van der Waals surface area contributed by atoms with Crippen molar-refractivity contribution in [2.45, 2.75) is 130 Å². The Hall–Kier alpha value is -0.210. The molecule has 0 aliphatic rings. The first-order chi connectivity index (χ1) is 12.9. The van der Waals surface area contributed by atoms with Crippen molar-refractivity contribution in [1.82, 2.24) is 0 Å². The van der Waals surface area contributed by atoms with Crippen LogP contribution in [0.1, 0.15) is 118 Å². The van der Waals surface area contributed by atoms with Crippen LogP contribution in [0.2, 0.25) is 0 Å². The first kappa shape index (κ1) is 26.8. The van der Waals surface area contributed by atoms with Crippen LogP contribution in [0.25, 0.3) is 0 Å². The van der Waals surface area contributed by atoms with E-state index in [-0.39, 0.29) is 12.2 Å². The van der Waals surface area contributed by atoms with Crippen LogP contribution >= 0.6 is 0 Å². The predicted octanol–water partition coefficient (Wildman–Crippen LogP) is 6.41. The number of rotatable bonds is 20. The Labute approximate surface area is 167 Å². The van der Waals surface area contributed by atoms with Gasteiger partial charge in [-0.1, -0.05) is 99.6 Å². The van der Waals surface area contributed by atoms with Gasteiger partial charge in [0.1, 0.15) is 0 Å². The normalized spacial score (nSPS) is 14.4. The van der Waals surface area contributed by atoms with Crippen molar-refractivity contribution in [3.8, 4) is 0 Å². The zero-order valence-corrected chi connectivity index (χ0v) is 18.7. The molecule has 0 fully saturated rings. The molecule has 0 radical (unpaired) electrons. The number of hydrogen-bond donors (Lipinski definition) is 0. The van der Waals surface area contributed by atoms with Crippen LogP contribution in [0.15, 0.2) is 0 Å². The summed E-state index contributed by atoms with van der Waals surface area (Å²) in [5, 5.41) is 0. The van der Waals surface area contributed by atoms with E-state index >= 15 is 0 Å². The standard InChI is InChI=1S/C20H42O6S/c1-5-7-9-11-13-15-17-19(3)23-25-27(21,22)26-24-20(4)18-16-14-12-10-8-6-2/h19-20H,5-18H2,1-4H3. The smallest absolute Gasteiger partial charge is 0.215 e. The molecule has 0 bridgehead atoms. The minimum atomic E-state index is -4.30. The minimum Gasteiger partial charge on any atom is -0.215 e. The Morgan fingerprint density at radius 3 is 1.30 bits per heavy atom. The van der Waals surface area contributed by atoms with Crippen molar-refractivity contribution < 1.29 is 26.9 Å². The highest BCUT2D eigenvalue weighted by Gasteiger charge is 2.19. The summed E-state index contributed by atoms with van der Waals surface area (Å²) in [5.74, 6) is 0. The van der Waals surface area contributed by atoms with Gasteiger partial charge in [-0.15, -0.1) is 0 Å². The van der Waals surface area contributed by atoms with Gasteiger partial charge in [0.25, 0.3) is 0 Å². The summed E-state index contributed by atoms with van der Waals surface area (Å²) in [7, 11) is -4.30. The first-order valence-electron chi connectivity index (χ1n) is 10.9. The zero-order valence-electron chi connectivity index (χ0n) is 17.9. The molecule has 0 saturated carbocycles. The SMILES string of the molecule is CCCCCCCCC(C)OOS(=O)(=O)OOC(C)CCCCCCCC. The maximum Gasteiger partial charge on any atom is 0.453 e. The van der Waals surface area contributed by atoms with Crippen LogP contribution in [-0.4, -0.2) is 20.6 Å². The Balaban J connectivity index is 3.71. The van der Waals surface area contributed by atoms with Crippen molar-refractivity contribution >= 4 is 10.4 Å². The highest BCUT2D eigenvalue weighted by atomic mass is 32.3.